The van der Waals surface area contributed by atoms with E-state index < -0.39 is 24.6 Å². The summed E-state index contributed by atoms with van der Waals surface area (Å²) in [5.74, 6) is 0. The number of rotatable bonds is 6. The van der Waals surface area contributed by atoms with Crippen LogP contribution >= 0.6 is 0 Å². The molecule has 0 radical (unpaired) electrons. The van der Waals surface area contributed by atoms with Crippen LogP contribution in [0.5, 0.6) is 0 Å². The molecular weight excluding hydrogens is 360 g/mol. The molecule has 0 saturated carbocycles. The van der Waals surface area contributed by atoms with E-state index >= 15 is 0 Å². The van der Waals surface area contributed by atoms with E-state index in [1.165, 1.54) is 0 Å². The van der Waals surface area contributed by atoms with Crippen molar-refractivity contribution >= 4 is 0 Å². The molecule has 6 heteroatoms. The zero-order valence-electron chi connectivity index (χ0n) is 15.8. The van der Waals surface area contributed by atoms with Gasteiger partial charge in [-0.2, -0.15) is 0 Å². The minimum Gasteiger partial charge on any atom is -0.368 e. The molecule has 2 saturated heterocycles. The summed E-state index contributed by atoms with van der Waals surface area (Å²) in [5.41, 5.74) is 2.06. The number of hydrogen-bond acceptors (Lipinski definition) is 6. The SMILES string of the molecule is CC1OC[C@H]2OC(O)[C@H](OCc3ccccc3)[C@H](OCc3ccccc3)[C@@H]2O1. The van der Waals surface area contributed by atoms with E-state index in [1.54, 1.807) is 0 Å². The third-order valence-corrected chi connectivity index (χ3v) is 5.02. The van der Waals surface area contributed by atoms with E-state index in [2.05, 4.69) is 0 Å². The molecule has 2 unspecified atom stereocenters. The molecule has 150 valence electrons. The van der Waals surface area contributed by atoms with Crippen molar-refractivity contribution in [3.63, 3.8) is 0 Å². The van der Waals surface area contributed by atoms with Gasteiger partial charge in [0.05, 0.1) is 19.8 Å². The van der Waals surface area contributed by atoms with Gasteiger partial charge in [-0.15, -0.1) is 0 Å². The summed E-state index contributed by atoms with van der Waals surface area (Å²) in [6.45, 7) is 2.93. The van der Waals surface area contributed by atoms with Gasteiger partial charge in [-0.05, 0) is 18.1 Å². The Hall–Kier alpha value is -1.80. The summed E-state index contributed by atoms with van der Waals surface area (Å²) in [7, 11) is 0. The van der Waals surface area contributed by atoms with Gasteiger partial charge in [-0.3, -0.25) is 0 Å². The fraction of sp³-hybridized carbons (Fsp3) is 0.455. The maximum absolute atomic E-state index is 10.6. The molecule has 2 aromatic rings. The van der Waals surface area contributed by atoms with Crippen molar-refractivity contribution in [3.05, 3.63) is 71.8 Å². The first-order valence-corrected chi connectivity index (χ1v) is 9.62. The molecule has 0 bridgehead atoms. The molecule has 0 amide bonds. The van der Waals surface area contributed by atoms with Crippen LogP contribution in [0.25, 0.3) is 0 Å². The maximum Gasteiger partial charge on any atom is 0.184 e. The van der Waals surface area contributed by atoms with Gasteiger partial charge in [0.2, 0.25) is 0 Å². The molecule has 2 aromatic carbocycles. The van der Waals surface area contributed by atoms with E-state index in [9.17, 15) is 5.11 Å². The highest BCUT2D eigenvalue weighted by Crippen LogP contribution is 2.32. The number of aliphatic hydroxyl groups is 1. The van der Waals surface area contributed by atoms with Crippen LogP contribution in [0.4, 0.5) is 0 Å². The molecule has 1 N–H and O–H groups in total. The minimum atomic E-state index is -1.12. The third kappa shape index (κ3) is 4.60. The van der Waals surface area contributed by atoms with Gasteiger partial charge in [0, 0.05) is 0 Å². The zero-order valence-corrected chi connectivity index (χ0v) is 15.8. The predicted molar refractivity (Wildman–Crippen MR) is 101 cm³/mol. The maximum atomic E-state index is 10.6. The average Bonchev–Trinajstić information content (AvgIpc) is 2.73. The van der Waals surface area contributed by atoms with Gasteiger partial charge in [0.15, 0.2) is 12.6 Å². The summed E-state index contributed by atoms with van der Waals surface area (Å²) < 4.78 is 29.5. The molecule has 2 fully saturated rings. The van der Waals surface area contributed by atoms with E-state index in [-0.39, 0.29) is 12.4 Å². The largest absolute Gasteiger partial charge is 0.368 e. The van der Waals surface area contributed by atoms with Gasteiger partial charge >= 0.3 is 0 Å². The number of hydrogen-bond donors (Lipinski definition) is 1. The first-order chi connectivity index (χ1) is 13.7. The first kappa shape index (κ1) is 19.5. The van der Waals surface area contributed by atoms with Crippen LogP contribution in [0.3, 0.4) is 0 Å². The summed E-state index contributed by atoms with van der Waals surface area (Å²) in [5, 5.41) is 10.6. The van der Waals surface area contributed by atoms with Gasteiger partial charge < -0.3 is 28.8 Å². The topological polar surface area (TPSA) is 66.4 Å². The zero-order chi connectivity index (χ0) is 19.3. The fourth-order valence-corrected chi connectivity index (χ4v) is 3.59. The lowest BCUT2D eigenvalue weighted by Crippen LogP contribution is -2.63. The molecule has 6 nitrogen and oxygen atoms in total. The second-order valence-corrected chi connectivity index (χ2v) is 7.09. The fourth-order valence-electron chi connectivity index (χ4n) is 3.59. The normalized spacial score (nSPS) is 32.6. The Morgan fingerprint density at radius 3 is 2.04 bits per heavy atom. The van der Waals surface area contributed by atoms with Gasteiger partial charge in [0.1, 0.15) is 24.4 Å². The van der Waals surface area contributed by atoms with Gasteiger partial charge in [-0.25, -0.2) is 0 Å². The standard InChI is InChI=1S/C22H26O6/c1-15-24-14-18-19(27-15)20(25-12-16-8-4-2-5-9-16)21(22(23)28-18)26-13-17-10-6-3-7-11-17/h2-11,15,18-23H,12-14H2,1H3/t15?,18-,19-,20-,21-,22?/m1/s1. The van der Waals surface area contributed by atoms with Crippen LogP contribution in [-0.2, 0) is 36.9 Å². The number of ether oxygens (including phenoxy) is 5. The lowest BCUT2D eigenvalue weighted by Gasteiger charge is -2.47. The lowest BCUT2D eigenvalue weighted by molar-refractivity contribution is -0.361. The van der Waals surface area contributed by atoms with Crippen molar-refractivity contribution in [3.8, 4) is 0 Å². The van der Waals surface area contributed by atoms with E-state index in [4.69, 9.17) is 23.7 Å². The first-order valence-electron chi connectivity index (χ1n) is 9.62. The molecule has 2 aliphatic rings. The molecular formula is C22H26O6. The van der Waals surface area contributed by atoms with Crippen molar-refractivity contribution in [2.24, 2.45) is 0 Å². The van der Waals surface area contributed by atoms with Crippen LogP contribution in [0, 0.1) is 0 Å². The van der Waals surface area contributed by atoms with E-state index in [1.807, 2.05) is 67.6 Å². The van der Waals surface area contributed by atoms with E-state index in [0.717, 1.165) is 11.1 Å². The highest BCUT2D eigenvalue weighted by atomic mass is 16.7. The summed E-state index contributed by atoms with van der Waals surface area (Å²) in [6.07, 6.45) is -3.41. The second kappa shape index (κ2) is 9.13. The smallest absolute Gasteiger partial charge is 0.184 e. The minimum absolute atomic E-state index is 0.347. The van der Waals surface area contributed by atoms with Crippen LogP contribution in [0.15, 0.2) is 60.7 Å². The van der Waals surface area contributed by atoms with Crippen LogP contribution in [0.1, 0.15) is 18.1 Å². The van der Waals surface area contributed by atoms with Crippen molar-refractivity contribution in [2.45, 2.75) is 57.1 Å². The molecule has 2 aliphatic heterocycles. The predicted octanol–water partition coefficient (Wildman–Crippen LogP) is 2.64. The molecule has 0 aromatic heterocycles. The Morgan fingerprint density at radius 2 is 1.43 bits per heavy atom. The van der Waals surface area contributed by atoms with Crippen molar-refractivity contribution in [1.82, 2.24) is 0 Å². The quantitative estimate of drug-likeness (QED) is 0.823. The summed E-state index contributed by atoms with van der Waals surface area (Å²) in [6, 6.07) is 19.7. The van der Waals surface area contributed by atoms with Crippen LogP contribution in [0.2, 0.25) is 0 Å². The number of fused-ring (bicyclic) bond motifs is 1. The monoisotopic (exact) mass is 386 g/mol. The van der Waals surface area contributed by atoms with Gasteiger partial charge in [-0.1, -0.05) is 60.7 Å². The number of benzene rings is 2. The Labute approximate surface area is 164 Å². The van der Waals surface area contributed by atoms with Crippen molar-refractivity contribution in [2.75, 3.05) is 6.61 Å². The molecule has 0 spiro atoms. The van der Waals surface area contributed by atoms with Crippen LogP contribution in [-0.4, -0.2) is 48.7 Å². The summed E-state index contributed by atoms with van der Waals surface area (Å²) >= 11 is 0. The number of aliphatic hydroxyl groups excluding tert-OH is 1. The Kier molecular flexibility index (Phi) is 6.36. The van der Waals surface area contributed by atoms with Crippen molar-refractivity contribution < 1.29 is 28.8 Å². The van der Waals surface area contributed by atoms with Gasteiger partial charge in [0.25, 0.3) is 0 Å². The molecule has 28 heavy (non-hydrogen) atoms. The molecule has 2 heterocycles. The third-order valence-electron chi connectivity index (χ3n) is 5.02. The Balaban J connectivity index is 1.50. The lowest BCUT2D eigenvalue weighted by atomic mass is 9.97. The van der Waals surface area contributed by atoms with Crippen molar-refractivity contribution in [1.29, 1.82) is 0 Å². The Morgan fingerprint density at radius 1 is 0.857 bits per heavy atom. The molecule has 4 rings (SSSR count). The Bertz CT molecular complexity index is 724. The molecule has 0 aliphatic carbocycles. The summed E-state index contributed by atoms with van der Waals surface area (Å²) in [4.78, 5) is 0. The van der Waals surface area contributed by atoms with Crippen LogP contribution < -0.4 is 0 Å². The average molecular weight is 386 g/mol. The molecule has 6 atom stereocenters. The second-order valence-electron chi connectivity index (χ2n) is 7.09. The highest BCUT2D eigenvalue weighted by molar-refractivity contribution is 5.14. The highest BCUT2D eigenvalue weighted by Gasteiger charge is 2.50. The van der Waals surface area contributed by atoms with E-state index in [0.29, 0.717) is 19.8 Å².